The molecule has 0 spiro atoms. The highest BCUT2D eigenvalue weighted by Crippen LogP contribution is 2.25. The lowest BCUT2D eigenvalue weighted by Crippen LogP contribution is -2.10. The molecule has 1 aromatic heterocycles. The number of halogens is 5. The number of hydrogen-bond donors (Lipinski definition) is 1. The van der Waals surface area contributed by atoms with E-state index in [1.165, 1.54) is 0 Å². The summed E-state index contributed by atoms with van der Waals surface area (Å²) >= 11 is 0. The monoisotopic (exact) mass is 250 g/mol. The maximum Gasteiger partial charge on any atom is 0.200 e. The average molecular weight is 250 g/mol. The van der Waals surface area contributed by atoms with Crippen molar-refractivity contribution in [1.82, 2.24) is 15.0 Å². The fraction of sp³-hybridized carbons (Fsp3) is 0. The van der Waals surface area contributed by atoms with Crippen LogP contribution in [0.15, 0.2) is 6.20 Å². The minimum Gasteiger partial charge on any atom is -0.381 e. The van der Waals surface area contributed by atoms with Crippen LogP contribution in [0.1, 0.15) is 0 Å². The predicted molar refractivity (Wildman–Crippen MR) is 45.6 cm³/mol. The molecular weight excluding hydrogens is 247 g/mol. The topological polar surface area (TPSA) is 56.7 Å². The van der Waals surface area contributed by atoms with Gasteiger partial charge in [-0.2, -0.15) is 0 Å². The summed E-state index contributed by atoms with van der Waals surface area (Å²) < 4.78 is 65.3. The number of aromatic nitrogens is 3. The number of rotatable bonds is 1. The quantitative estimate of drug-likeness (QED) is 0.474. The van der Waals surface area contributed by atoms with E-state index >= 15 is 0 Å². The van der Waals surface area contributed by atoms with Crippen molar-refractivity contribution >= 4 is 5.82 Å². The highest BCUT2D eigenvalue weighted by Gasteiger charge is 2.27. The van der Waals surface area contributed by atoms with Gasteiger partial charge in [-0.05, 0) is 0 Å². The largest absolute Gasteiger partial charge is 0.381 e. The second kappa shape index (κ2) is 3.68. The Morgan fingerprint density at radius 1 is 0.882 bits per heavy atom. The van der Waals surface area contributed by atoms with Gasteiger partial charge in [-0.25, -0.2) is 26.6 Å². The molecule has 17 heavy (non-hydrogen) atoms. The summed E-state index contributed by atoms with van der Waals surface area (Å²) in [4.78, 5) is 0. The van der Waals surface area contributed by atoms with Crippen molar-refractivity contribution in [3.63, 3.8) is 0 Å². The zero-order chi connectivity index (χ0) is 12.7. The van der Waals surface area contributed by atoms with Crippen LogP contribution in [0, 0.1) is 29.1 Å². The normalized spacial score (nSPS) is 10.9. The van der Waals surface area contributed by atoms with Crippen molar-refractivity contribution in [3.8, 4) is 5.69 Å². The summed E-state index contributed by atoms with van der Waals surface area (Å²) in [5, 5.41) is 6.30. The van der Waals surface area contributed by atoms with Crippen molar-refractivity contribution in [2.24, 2.45) is 0 Å². The molecular formula is C8H3F5N4. The molecule has 2 rings (SSSR count). The van der Waals surface area contributed by atoms with Gasteiger partial charge in [0.05, 0.1) is 6.20 Å². The molecule has 0 aliphatic carbocycles. The smallest absolute Gasteiger partial charge is 0.200 e. The van der Waals surface area contributed by atoms with Crippen LogP contribution in [0.3, 0.4) is 0 Å². The fourth-order valence-electron chi connectivity index (χ4n) is 1.18. The molecule has 0 radical (unpaired) electrons. The first-order valence-electron chi connectivity index (χ1n) is 4.13. The van der Waals surface area contributed by atoms with Gasteiger partial charge in [0.2, 0.25) is 5.82 Å². The summed E-state index contributed by atoms with van der Waals surface area (Å²) in [6.45, 7) is 0. The molecule has 0 aliphatic rings. The minimum absolute atomic E-state index is 0.228. The van der Waals surface area contributed by atoms with Gasteiger partial charge < -0.3 is 5.73 Å². The van der Waals surface area contributed by atoms with E-state index in [0.29, 0.717) is 4.68 Å². The second-order valence-corrected chi connectivity index (χ2v) is 3.01. The number of nitrogens with zero attached hydrogens (tertiary/aromatic N) is 3. The van der Waals surface area contributed by atoms with E-state index in [1.54, 1.807) is 0 Å². The third kappa shape index (κ3) is 1.59. The molecule has 0 saturated carbocycles. The summed E-state index contributed by atoms with van der Waals surface area (Å²) in [6.07, 6.45) is 0.818. The van der Waals surface area contributed by atoms with Gasteiger partial charge in [-0.1, -0.05) is 5.21 Å². The van der Waals surface area contributed by atoms with Crippen molar-refractivity contribution in [2.75, 3.05) is 5.73 Å². The molecule has 90 valence electrons. The number of anilines is 1. The maximum absolute atomic E-state index is 13.2. The standard InChI is InChI=1S/C8H3F5N4/c9-3-4(10)6(12)8(7(13)5(3)11)17-1-2(14)15-16-17/h1H,14H2. The highest BCUT2D eigenvalue weighted by atomic mass is 19.2. The van der Waals surface area contributed by atoms with Crippen LogP contribution < -0.4 is 5.73 Å². The summed E-state index contributed by atoms with van der Waals surface area (Å²) in [6, 6.07) is 0. The van der Waals surface area contributed by atoms with E-state index in [0.717, 1.165) is 6.20 Å². The van der Waals surface area contributed by atoms with E-state index < -0.39 is 34.8 Å². The van der Waals surface area contributed by atoms with Crippen molar-refractivity contribution in [3.05, 3.63) is 35.3 Å². The Kier molecular flexibility index (Phi) is 2.45. The molecule has 0 atom stereocenters. The Bertz CT molecular complexity index is 565. The molecule has 0 fully saturated rings. The molecule has 1 aromatic carbocycles. The van der Waals surface area contributed by atoms with Crippen LogP contribution in [0.2, 0.25) is 0 Å². The van der Waals surface area contributed by atoms with Gasteiger partial charge in [-0.15, -0.1) is 5.10 Å². The number of benzene rings is 1. The molecule has 4 nitrogen and oxygen atoms in total. The van der Waals surface area contributed by atoms with Gasteiger partial charge in [-0.3, -0.25) is 0 Å². The van der Waals surface area contributed by atoms with Crippen molar-refractivity contribution in [1.29, 1.82) is 0 Å². The zero-order valence-corrected chi connectivity index (χ0v) is 7.89. The number of nitrogens with two attached hydrogens (primary N) is 1. The molecule has 0 saturated heterocycles. The van der Waals surface area contributed by atoms with Crippen molar-refractivity contribution < 1.29 is 22.0 Å². The lowest BCUT2D eigenvalue weighted by molar-refractivity contribution is 0.373. The van der Waals surface area contributed by atoms with E-state index in [4.69, 9.17) is 5.73 Å². The lowest BCUT2D eigenvalue weighted by Gasteiger charge is -2.06. The third-order valence-corrected chi connectivity index (χ3v) is 1.93. The van der Waals surface area contributed by atoms with E-state index in [9.17, 15) is 22.0 Å². The zero-order valence-electron chi connectivity index (χ0n) is 7.89. The molecule has 0 bridgehead atoms. The highest BCUT2D eigenvalue weighted by molar-refractivity contribution is 5.38. The predicted octanol–water partition coefficient (Wildman–Crippen LogP) is 1.54. The van der Waals surface area contributed by atoms with Crippen molar-refractivity contribution in [2.45, 2.75) is 0 Å². The first-order valence-corrected chi connectivity index (χ1v) is 4.13. The maximum atomic E-state index is 13.2. The molecule has 0 unspecified atom stereocenters. The van der Waals surface area contributed by atoms with Crippen LogP contribution in [-0.2, 0) is 0 Å². The Hall–Kier alpha value is -2.19. The SMILES string of the molecule is Nc1cn(-c2c(F)c(F)c(F)c(F)c2F)nn1. The van der Waals surface area contributed by atoms with E-state index in [1.807, 2.05) is 0 Å². The molecule has 0 amide bonds. The number of hydrogen-bond acceptors (Lipinski definition) is 3. The molecule has 9 heteroatoms. The van der Waals surface area contributed by atoms with Gasteiger partial charge in [0, 0.05) is 0 Å². The van der Waals surface area contributed by atoms with Gasteiger partial charge >= 0.3 is 0 Å². The van der Waals surface area contributed by atoms with Crippen LogP contribution in [0.4, 0.5) is 27.8 Å². The van der Waals surface area contributed by atoms with Crippen LogP contribution in [0.5, 0.6) is 0 Å². The first kappa shape index (κ1) is 11.3. The summed E-state index contributed by atoms with van der Waals surface area (Å²) in [5.74, 6) is -10.6. The Morgan fingerprint density at radius 2 is 1.35 bits per heavy atom. The molecule has 2 aromatic rings. The van der Waals surface area contributed by atoms with Crippen LogP contribution >= 0.6 is 0 Å². The second-order valence-electron chi connectivity index (χ2n) is 3.01. The van der Waals surface area contributed by atoms with Gasteiger partial charge in [0.25, 0.3) is 0 Å². The van der Waals surface area contributed by atoms with Gasteiger partial charge in [0.15, 0.2) is 29.1 Å². The Morgan fingerprint density at radius 3 is 1.76 bits per heavy atom. The Balaban J connectivity index is 2.78. The van der Waals surface area contributed by atoms with Gasteiger partial charge in [0.1, 0.15) is 5.69 Å². The Labute approximate surface area is 90.5 Å². The molecule has 1 heterocycles. The molecule has 0 aliphatic heterocycles. The number of nitrogen functional groups attached to an aromatic ring is 1. The fourth-order valence-corrected chi connectivity index (χ4v) is 1.18. The minimum atomic E-state index is -2.24. The van der Waals surface area contributed by atoms with E-state index in [-0.39, 0.29) is 5.82 Å². The first-order chi connectivity index (χ1) is 7.93. The lowest BCUT2D eigenvalue weighted by atomic mass is 10.2. The molecule has 2 N–H and O–H groups in total. The third-order valence-electron chi connectivity index (χ3n) is 1.93. The van der Waals surface area contributed by atoms with E-state index in [2.05, 4.69) is 10.3 Å². The summed E-state index contributed by atoms with van der Waals surface area (Å²) in [7, 11) is 0. The average Bonchev–Trinajstić information content (AvgIpc) is 2.71. The summed E-state index contributed by atoms with van der Waals surface area (Å²) in [5.41, 5.74) is 3.89. The van der Waals surface area contributed by atoms with Crippen LogP contribution in [0.25, 0.3) is 5.69 Å². The van der Waals surface area contributed by atoms with Crippen LogP contribution in [-0.4, -0.2) is 15.0 Å².